The van der Waals surface area contributed by atoms with E-state index >= 15 is 0 Å². The van der Waals surface area contributed by atoms with Gasteiger partial charge in [0.15, 0.2) is 0 Å². The molecular weight excluding hydrogens is 244 g/mol. The van der Waals surface area contributed by atoms with E-state index in [0.717, 1.165) is 51.9 Å². The molecule has 2 atom stereocenters. The molecule has 0 saturated carbocycles. The highest BCUT2D eigenvalue weighted by Gasteiger charge is 2.49. The zero-order valence-corrected chi connectivity index (χ0v) is 11.9. The molecular formula is C14H26N2O3. The lowest BCUT2D eigenvalue weighted by molar-refractivity contribution is -0.149. The van der Waals surface area contributed by atoms with Crippen molar-refractivity contribution in [2.45, 2.75) is 38.2 Å². The Morgan fingerprint density at radius 1 is 1.53 bits per heavy atom. The second-order valence-electron chi connectivity index (χ2n) is 5.80. The van der Waals surface area contributed by atoms with E-state index in [-0.39, 0.29) is 5.91 Å². The van der Waals surface area contributed by atoms with Gasteiger partial charge in [-0.3, -0.25) is 4.79 Å². The molecule has 1 spiro atoms. The van der Waals surface area contributed by atoms with Crippen LogP contribution in [-0.4, -0.2) is 61.9 Å². The zero-order chi connectivity index (χ0) is 13.7. The van der Waals surface area contributed by atoms with Crippen LogP contribution in [0, 0.1) is 5.41 Å². The Bertz CT molecular complexity index is 311. The monoisotopic (exact) mass is 270 g/mol. The molecule has 1 amide bonds. The van der Waals surface area contributed by atoms with Gasteiger partial charge in [-0.15, -0.1) is 0 Å². The fraction of sp³-hybridized carbons (Fsp3) is 0.929. The van der Waals surface area contributed by atoms with Gasteiger partial charge in [0, 0.05) is 33.4 Å². The van der Waals surface area contributed by atoms with Crippen LogP contribution in [0.3, 0.4) is 0 Å². The summed E-state index contributed by atoms with van der Waals surface area (Å²) in [6, 6.07) is 0. The Labute approximate surface area is 115 Å². The van der Waals surface area contributed by atoms with Crippen LogP contribution in [0.2, 0.25) is 0 Å². The van der Waals surface area contributed by atoms with Gasteiger partial charge in [0.1, 0.15) is 0 Å². The van der Waals surface area contributed by atoms with Crippen LogP contribution in [0.4, 0.5) is 0 Å². The van der Waals surface area contributed by atoms with Gasteiger partial charge in [0.25, 0.3) is 0 Å². The maximum Gasteiger partial charge on any atom is 0.230 e. The van der Waals surface area contributed by atoms with Crippen molar-refractivity contribution in [2.24, 2.45) is 5.41 Å². The second kappa shape index (κ2) is 6.68. The summed E-state index contributed by atoms with van der Waals surface area (Å²) in [5, 5.41) is 13.2. The number of hydrogen-bond acceptors (Lipinski definition) is 4. The van der Waals surface area contributed by atoms with Gasteiger partial charge in [-0.1, -0.05) is 0 Å². The number of unbranched alkanes of at least 4 members (excludes halogenated alkanes) is 1. The fourth-order valence-corrected chi connectivity index (χ4v) is 3.30. The first-order valence-corrected chi connectivity index (χ1v) is 7.37. The molecule has 5 heteroatoms. The first-order chi connectivity index (χ1) is 9.19. The molecule has 0 aromatic rings. The number of carbonyl (C=O) groups excluding carboxylic acids is 1. The first-order valence-electron chi connectivity index (χ1n) is 7.37. The summed E-state index contributed by atoms with van der Waals surface area (Å²) in [5.74, 6) is 0.0489. The minimum atomic E-state index is -0.558. The molecule has 0 bridgehead atoms. The lowest BCUT2D eigenvalue weighted by Crippen LogP contribution is -2.61. The predicted molar refractivity (Wildman–Crippen MR) is 72.9 cm³/mol. The molecule has 0 aromatic heterocycles. The molecule has 2 aliphatic rings. The molecule has 0 radical (unpaired) electrons. The second-order valence-corrected chi connectivity index (χ2v) is 5.80. The molecule has 2 fully saturated rings. The highest BCUT2D eigenvalue weighted by Crippen LogP contribution is 2.37. The van der Waals surface area contributed by atoms with Crippen molar-refractivity contribution in [3.63, 3.8) is 0 Å². The van der Waals surface area contributed by atoms with Crippen LogP contribution in [0.15, 0.2) is 0 Å². The van der Waals surface area contributed by atoms with E-state index in [1.165, 1.54) is 0 Å². The summed E-state index contributed by atoms with van der Waals surface area (Å²) >= 11 is 0. The smallest absolute Gasteiger partial charge is 0.230 e. The summed E-state index contributed by atoms with van der Waals surface area (Å²) in [6.07, 6.45) is 4.14. The van der Waals surface area contributed by atoms with E-state index in [1.54, 1.807) is 7.11 Å². The number of rotatable bonds is 5. The number of piperidine rings is 2. The van der Waals surface area contributed by atoms with Crippen LogP contribution in [0.1, 0.15) is 32.1 Å². The average molecular weight is 270 g/mol. The number of amides is 1. The molecule has 5 nitrogen and oxygen atoms in total. The first kappa shape index (κ1) is 14.8. The Kier molecular flexibility index (Phi) is 5.19. The van der Waals surface area contributed by atoms with Crippen molar-refractivity contribution in [3.05, 3.63) is 0 Å². The molecule has 2 heterocycles. The molecule has 2 rings (SSSR count). The maximum absolute atomic E-state index is 12.2. The van der Waals surface area contributed by atoms with Gasteiger partial charge in [0.05, 0.1) is 11.5 Å². The van der Waals surface area contributed by atoms with Gasteiger partial charge in [-0.2, -0.15) is 0 Å². The number of likely N-dealkylation sites (tertiary alicyclic amines) is 1. The van der Waals surface area contributed by atoms with Crippen molar-refractivity contribution in [2.75, 3.05) is 39.9 Å². The van der Waals surface area contributed by atoms with E-state index < -0.39 is 11.5 Å². The molecule has 0 unspecified atom stereocenters. The highest BCUT2D eigenvalue weighted by molar-refractivity contribution is 5.84. The van der Waals surface area contributed by atoms with Gasteiger partial charge in [-0.25, -0.2) is 0 Å². The number of aliphatic hydroxyl groups is 1. The summed E-state index contributed by atoms with van der Waals surface area (Å²) in [6.45, 7) is 4.13. The van der Waals surface area contributed by atoms with Gasteiger partial charge in [-0.05, 0) is 38.6 Å². The Balaban J connectivity index is 1.90. The Hall–Kier alpha value is -0.650. The number of nitrogens with zero attached hydrogens (tertiary/aromatic N) is 1. The standard InChI is InChI=1S/C14H26N2O3/c1-19-10-3-2-8-16-9-5-12(17)14(11-16)6-4-7-15-13(14)18/h12,17H,2-11H2,1H3,(H,15,18)/t12-,14+/m0/s1. The number of methoxy groups -OCH3 is 1. The van der Waals surface area contributed by atoms with Crippen LogP contribution >= 0.6 is 0 Å². The molecule has 2 saturated heterocycles. The van der Waals surface area contributed by atoms with Gasteiger partial charge in [0.2, 0.25) is 5.91 Å². The minimum absolute atomic E-state index is 0.0489. The number of ether oxygens (including phenoxy) is 1. The summed E-state index contributed by atoms with van der Waals surface area (Å²) in [5.41, 5.74) is -0.558. The van der Waals surface area contributed by atoms with E-state index in [0.29, 0.717) is 13.0 Å². The third-order valence-corrected chi connectivity index (χ3v) is 4.47. The van der Waals surface area contributed by atoms with E-state index in [9.17, 15) is 9.90 Å². The van der Waals surface area contributed by atoms with Crippen molar-refractivity contribution in [1.29, 1.82) is 0 Å². The van der Waals surface area contributed by atoms with Crippen molar-refractivity contribution in [1.82, 2.24) is 10.2 Å². The highest BCUT2D eigenvalue weighted by atomic mass is 16.5. The third kappa shape index (κ3) is 3.27. The normalized spacial score (nSPS) is 32.5. The quantitative estimate of drug-likeness (QED) is 0.709. The largest absolute Gasteiger partial charge is 0.392 e. The van der Waals surface area contributed by atoms with E-state index in [1.807, 2.05) is 0 Å². The Morgan fingerprint density at radius 3 is 3.11 bits per heavy atom. The fourth-order valence-electron chi connectivity index (χ4n) is 3.30. The molecule has 0 aromatic carbocycles. The van der Waals surface area contributed by atoms with E-state index in [4.69, 9.17) is 4.74 Å². The summed E-state index contributed by atoms with van der Waals surface area (Å²) in [7, 11) is 1.72. The maximum atomic E-state index is 12.2. The topological polar surface area (TPSA) is 61.8 Å². The molecule has 19 heavy (non-hydrogen) atoms. The lowest BCUT2D eigenvalue weighted by Gasteiger charge is -2.47. The molecule has 110 valence electrons. The minimum Gasteiger partial charge on any atom is -0.392 e. The van der Waals surface area contributed by atoms with Crippen LogP contribution in [-0.2, 0) is 9.53 Å². The number of nitrogens with one attached hydrogen (secondary N) is 1. The Morgan fingerprint density at radius 2 is 2.37 bits per heavy atom. The van der Waals surface area contributed by atoms with Crippen LogP contribution in [0.25, 0.3) is 0 Å². The van der Waals surface area contributed by atoms with Crippen molar-refractivity contribution in [3.8, 4) is 0 Å². The average Bonchev–Trinajstić information content (AvgIpc) is 2.42. The SMILES string of the molecule is COCCCCN1CC[C@H](O)[C@@]2(CCCNC2=O)C1. The zero-order valence-electron chi connectivity index (χ0n) is 11.9. The predicted octanol–water partition coefficient (Wildman–Crippen LogP) is 0.376. The van der Waals surface area contributed by atoms with Gasteiger partial charge >= 0.3 is 0 Å². The number of hydrogen-bond donors (Lipinski definition) is 2. The summed E-state index contributed by atoms with van der Waals surface area (Å²) < 4.78 is 5.05. The summed E-state index contributed by atoms with van der Waals surface area (Å²) in [4.78, 5) is 14.5. The van der Waals surface area contributed by atoms with Crippen LogP contribution in [0.5, 0.6) is 0 Å². The van der Waals surface area contributed by atoms with Crippen molar-refractivity contribution < 1.29 is 14.6 Å². The van der Waals surface area contributed by atoms with E-state index in [2.05, 4.69) is 10.2 Å². The lowest BCUT2D eigenvalue weighted by atomic mass is 9.71. The third-order valence-electron chi connectivity index (χ3n) is 4.47. The van der Waals surface area contributed by atoms with Gasteiger partial charge < -0.3 is 20.1 Å². The number of carbonyl (C=O) groups is 1. The molecule has 2 aliphatic heterocycles. The molecule has 2 N–H and O–H groups in total. The van der Waals surface area contributed by atoms with Crippen molar-refractivity contribution >= 4 is 5.91 Å². The molecule has 0 aliphatic carbocycles. The number of aliphatic hydroxyl groups excluding tert-OH is 1. The van der Waals surface area contributed by atoms with Crippen LogP contribution < -0.4 is 5.32 Å².